The molecule has 0 saturated carbocycles. The number of fused-ring (bicyclic) bond motifs is 1. The minimum atomic E-state index is -0.242. The van der Waals surface area contributed by atoms with E-state index in [0.29, 0.717) is 5.95 Å². The Morgan fingerprint density at radius 1 is 1.17 bits per heavy atom. The highest BCUT2D eigenvalue weighted by atomic mass is 19.1. The fourth-order valence-electron chi connectivity index (χ4n) is 3.17. The Hall–Kier alpha value is -2.89. The number of halogens is 1. The van der Waals surface area contributed by atoms with E-state index >= 15 is 0 Å². The highest BCUT2D eigenvalue weighted by molar-refractivity contribution is 5.39. The molecule has 2 aromatic carbocycles. The molecule has 1 N–H and O–H groups in total. The van der Waals surface area contributed by atoms with Crippen molar-refractivity contribution in [2.75, 3.05) is 12.4 Å². The topological polar surface area (TPSA) is 52.0 Å². The summed E-state index contributed by atoms with van der Waals surface area (Å²) in [4.78, 5) is 4.29. The van der Waals surface area contributed by atoms with Gasteiger partial charge in [-0.25, -0.2) is 9.07 Å². The molecule has 6 heteroatoms. The number of methoxy groups -OCH3 is 1. The van der Waals surface area contributed by atoms with Gasteiger partial charge in [0.15, 0.2) is 0 Å². The second kappa shape index (κ2) is 5.96. The third kappa shape index (κ3) is 2.60. The first-order chi connectivity index (χ1) is 11.7. The third-order valence-corrected chi connectivity index (χ3v) is 4.38. The molecule has 24 heavy (non-hydrogen) atoms. The van der Waals surface area contributed by atoms with Crippen LogP contribution in [0.1, 0.15) is 29.6 Å². The van der Waals surface area contributed by atoms with Crippen molar-refractivity contribution in [2.45, 2.75) is 18.5 Å². The average Bonchev–Trinajstić information content (AvgIpc) is 3.09. The number of ether oxygens (including phenoxy) is 1. The van der Waals surface area contributed by atoms with Gasteiger partial charge < -0.3 is 10.1 Å². The molecule has 0 aliphatic carbocycles. The van der Waals surface area contributed by atoms with Crippen LogP contribution < -0.4 is 10.1 Å². The maximum absolute atomic E-state index is 13.7. The van der Waals surface area contributed by atoms with Gasteiger partial charge in [0.05, 0.1) is 19.2 Å². The van der Waals surface area contributed by atoms with Gasteiger partial charge in [0.1, 0.15) is 17.9 Å². The molecule has 4 rings (SSSR count). The summed E-state index contributed by atoms with van der Waals surface area (Å²) >= 11 is 0. The van der Waals surface area contributed by atoms with Gasteiger partial charge >= 0.3 is 0 Å². The average molecular weight is 324 g/mol. The zero-order valence-corrected chi connectivity index (χ0v) is 13.2. The monoisotopic (exact) mass is 324 g/mol. The van der Waals surface area contributed by atoms with Crippen molar-refractivity contribution in [2.24, 2.45) is 0 Å². The van der Waals surface area contributed by atoms with Crippen LogP contribution in [0.5, 0.6) is 5.75 Å². The molecule has 0 unspecified atom stereocenters. The first kappa shape index (κ1) is 14.7. The summed E-state index contributed by atoms with van der Waals surface area (Å²) in [5.41, 5.74) is 2.02. The molecule has 0 saturated heterocycles. The maximum Gasteiger partial charge on any atom is 0.222 e. The van der Waals surface area contributed by atoms with E-state index in [1.165, 1.54) is 12.4 Å². The van der Waals surface area contributed by atoms with Crippen molar-refractivity contribution < 1.29 is 9.13 Å². The molecule has 1 aromatic heterocycles. The van der Waals surface area contributed by atoms with Crippen molar-refractivity contribution in [1.29, 1.82) is 0 Å². The van der Waals surface area contributed by atoms with Crippen LogP contribution in [-0.4, -0.2) is 21.9 Å². The first-order valence-electron chi connectivity index (χ1n) is 7.80. The van der Waals surface area contributed by atoms with Gasteiger partial charge in [0.25, 0.3) is 0 Å². The summed E-state index contributed by atoms with van der Waals surface area (Å²) in [5, 5.41) is 7.70. The number of nitrogens with one attached hydrogen (secondary N) is 1. The van der Waals surface area contributed by atoms with Crippen LogP contribution in [0, 0.1) is 5.82 Å². The number of aromatic nitrogens is 3. The van der Waals surface area contributed by atoms with Gasteiger partial charge in [-0.05, 0) is 41.8 Å². The molecule has 0 spiro atoms. The fourth-order valence-corrected chi connectivity index (χ4v) is 3.17. The fraction of sp³-hybridized carbons (Fsp3) is 0.222. The molecule has 3 aromatic rings. The molecule has 0 fully saturated rings. The van der Waals surface area contributed by atoms with Crippen LogP contribution in [0.4, 0.5) is 10.3 Å². The van der Waals surface area contributed by atoms with Crippen molar-refractivity contribution in [3.05, 3.63) is 71.8 Å². The minimum Gasteiger partial charge on any atom is -0.497 e. The van der Waals surface area contributed by atoms with E-state index in [1.807, 2.05) is 35.0 Å². The Kier molecular flexibility index (Phi) is 3.65. The molecule has 2 atom stereocenters. The number of rotatable bonds is 3. The van der Waals surface area contributed by atoms with Crippen LogP contribution in [0.25, 0.3) is 0 Å². The van der Waals surface area contributed by atoms with Crippen molar-refractivity contribution in [3.8, 4) is 5.75 Å². The van der Waals surface area contributed by atoms with Crippen LogP contribution in [0.3, 0.4) is 0 Å². The highest BCUT2D eigenvalue weighted by Gasteiger charge is 2.30. The molecule has 0 radical (unpaired) electrons. The van der Waals surface area contributed by atoms with Crippen LogP contribution in [0.2, 0.25) is 0 Å². The van der Waals surface area contributed by atoms with Gasteiger partial charge in [-0.3, -0.25) is 0 Å². The van der Waals surface area contributed by atoms with E-state index < -0.39 is 0 Å². The number of anilines is 1. The second-order valence-electron chi connectivity index (χ2n) is 5.80. The van der Waals surface area contributed by atoms with Gasteiger partial charge in [0, 0.05) is 0 Å². The Morgan fingerprint density at radius 3 is 2.75 bits per heavy atom. The van der Waals surface area contributed by atoms with E-state index in [9.17, 15) is 4.39 Å². The van der Waals surface area contributed by atoms with E-state index in [-0.39, 0.29) is 17.9 Å². The van der Waals surface area contributed by atoms with E-state index in [4.69, 9.17) is 4.74 Å². The minimum absolute atomic E-state index is 0.0634. The quantitative estimate of drug-likeness (QED) is 0.800. The Balaban J connectivity index is 1.70. The molecule has 1 aliphatic rings. The lowest BCUT2D eigenvalue weighted by molar-refractivity contribution is 0.413. The summed E-state index contributed by atoms with van der Waals surface area (Å²) in [6.07, 6.45) is 2.27. The number of nitrogens with zero attached hydrogens (tertiary/aromatic N) is 3. The van der Waals surface area contributed by atoms with E-state index in [0.717, 1.165) is 23.3 Å². The normalized spacial score (nSPS) is 19.4. The summed E-state index contributed by atoms with van der Waals surface area (Å²) in [6.45, 7) is 0. The Morgan fingerprint density at radius 2 is 2.00 bits per heavy atom. The van der Waals surface area contributed by atoms with E-state index in [1.54, 1.807) is 19.2 Å². The molecule has 1 aliphatic heterocycles. The largest absolute Gasteiger partial charge is 0.497 e. The summed E-state index contributed by atoms with van der Waals surface area (Å²) in [7, 11) is 1.65. The van der Waals surface area contributed by atoms with Crippen molar-refractivity contribution in [1.82, 2.24) is 14.8 Å². The van der Waals surface area contributed by atoms with Crippen LogP contribution >= 0.6 is 0 Å². The summed E-state index contributed by atoms with van der Waals surface area (Å²) < 4.78 is 20.7. The molecule has 0 bridgehead atoms. The van der Waals surface area contributed by atoms with Gasteiger partial charge in [-0.15, -0.1) is 0 Å². The SMILES string of the molecule is COc1ccc([C@H]2C[C@@H](c3cccc(F)c3)n3ncnc3N2)cc1. The van der Waals surface area contributed by atoms with Gasteiger partial charge in [0.2, 0.25) is 5.95 Å². The van der Waals surface area contributed by atoms with Gasteiger partial charge in [-0.2, -0.15) is 10.1 Å². The zero-order valence-electron chi connectivity index (χ0n) is 13.2. The lowest BCUT2D eigenvalue weighted by Gasteiger charge is -2.31. The smallest absolute Gasteiger partial charge is 0.222 e. The standard InChI is InChI=1S/C18H17FN4O/c1-24-15-7-5-12(6-8-15)16-10-17(13-3-2-4-14(19)9-13)23-18(22-16)20-11-21-23/h2-9,11,16-17H,10H2,1H3,(H,20,21,22)/t16-,17+/m1/s1. The molecular weight excluding hydrogens is 307 g/mol. The first-order valence-corrected chi connectivity index (χ1v) is 7.80. The number of hydrogen-bond donors (Lipinski definition) is 1. The number of hydrogen-bond acceptors (Lipinski definition) is 4. The Bertz CT molecular complexity index is 846. The predicted octanol–water partition coefficient (Wildman–Crippen LogP) is 3.57. The highest BCUT2D eigenvalue weighted by Crippen LogP contribution is 2.37. The van der Waals surface area contributed by atoms with E-state index in [2.05, 4.69) is 15.4 Å². The predicted molar refractivity (Wildman–Crippen MR) is 88.5 cm³/mol. The Labute approximate surface area is 139 Å². The molecular formula is C18H17FN4O. The molecule has 0 amide bonds. The van der Waals surface area contributed by atoms with Gasteiger partial charge in [-0.1, -0.05) is 24.3 Å². The number of benzene rings is 2. The van der Waals surface area contributed by atoms with Crippen LogP contribution in [-0.2, 0) is 0 Å². The second-order valence-corrected chi connectivity index (χ2v) is 5.80. The molecule has 2 heterocycles. The third-order valence-electron chi connectivity index (χ3n) is 4.38. The zero-order chi connectivity index (χ0) is 16.5. The molecule has 122 valence electrons. The molecule has 5 nitrogen and oxygen atoms in total. The summed E-state index contributed by atoms with van der Waals surface area (Å²) in [6, 6.07) is 14.6. The van der Waals surface area contributed by atoms with Crippen LogP contribution in [0.15, 0.2) is 54.9 Å². The maximum atomic E-state index is 13.7. The lowest BCUT2D eigenvalue weighted by atomic mass is 9.93. The van der Waals surface area contributed by atoms with Crippen molar-refractivity contribution in [3.63, 3.8) is 0 Å². The lowest BCUT2D eigenvalue weighted by Crippen LogP contribution is -2.28. The van der Waals surface area contributed by atoms with Crippen molar-refractivity contribution >= 4 is 5.95 Å². The summed E-state index contributed by atoms with van der Waals surface area (Å²) in [5.74, 6) is 1.27.